The lowest BCUT2D eigenvalue weighted by atomic mass is 10.1. The van der Waals surface area contributed by atoms with Gasteiger partial charge in [0.2, 0.25) is 0 Å². The lowest BCUT2D eigenvalue weighted by Crippen LogP contribution is -2.09. The third-order valence-corrected chi connectivity index (χ3v) is 5.40. The summed E-state index contributed by atoms with van der Waals surface area (Å²) in [6.07, 6.45) is 11.2. The molecule has 2 aromatic rings. The summed E-state index contributed by atoms with van der Waals surface area (Å²) in [5, 5.41) is 0. The topological polar surface area (TPSA) is 35.5 Å². The molecule has 0 bridgehead atoms. The zero-order valence-corrected chi connectivity index (χ0v) is 19.0. The first kappa shape index (κ1) is 24.1. The lowest BCUT2D eigenvalue weighted by Gasteiger charge is -2.14. The fourth-order valence-corrected chi connectivity index (χ4v) is 3.48. The molecular weight excluding hydrogens is 372 g/mol. The van der Waals surface area contributed by atoms with E-state index in [9.17, 15) is 4.79 Å². The number of hydrogen-bond acceptors (Lipinski definition) is 3. The molecule has 0 saturated carbocycles. The Bertz CT molecular complexity index is 719. The molecule has 3 nitrogen and oxygen atoms in total. The molecule has 0 aliphatic carbocycles. The molecule has 0 aliphatic heterocycles. The molecule has 0 spiro atoms. The molecule has 2 rings (SSSR count). The fourth-order valence-electron chi connectivity index (χ4n) is 3.48. The molecule has 3 heteroatoms. The number of rotatable bonds is 14. The molecular formula is C27H38O3. The van der Waals surface area contributed by atoms with Gasteiger partial charge in [0.1, 0.15) is 5.75 Å². The molecule has 0 amide bonds. The maximum absolute atomic E-state index is 12.4. The van der Waals surface area contributed by atoms with Crippen LogP contribution >= 0.6 is 0 Å². The number of aryl methyl sites for hydroxylation is 1. The summed E-state index contributed by atoms with van der Waals surface area (Å²) in [6.45, 7) is 7.25. The van der Waals surface area contributed by atoms with Gasteiger partial charge in [-0.2, -0.15) is 0 Å². The highest BCUT2D eigenvalue weighted by Gasteiger charge is 2.11. The first-order chi connectivity index (χ1) is 14.6. The van der Waals surface area contributed by atoms with Gasteiger partial charge in [0.15, 0.2) is 0 Å². The number of hydrogen-bond donors (Lipinski definition) is 0. The van der Waals surface area contributed by atoms with Crippen molar-refractivity contribution in [2.75, 3.05) is 6.61 Å². The normalized spacial score (nSPS) is 12.0. The Balaban J connectivity index is 1.73. The minimum Gasteiger partial charge on any atom is -0.423 e. The number of ether oxygens (including phenoxy) is 2. The predicted octanol–water partition coefficient (Wildman–Crippen LogP) is 7.69. The van der Waals surface area contributed by atoms with Crippen molar-refractivity contribution < 1.29 is 14.3 Å². The summed E-state index contributed by atoms with van der Waals surface area (Å²) < 4.78 is 11.5. The summed E-state index contributed by atoms with van der Waals surface area (Å²) in [5.74, 6) is 0.247. The average molecular weight is 411 g/mol. The molecule has 30 heavy (non-hydrogen) atoms. The van der Waals surface area contributed by atoms with E-state index < -0.39 is 0 Å². The lowest BCUT2D eigenvalue weighted by molar-refractivity contribution is 0.0626. The highest BCUT2D eigenvalue weighted by atomic mass is 16.5. The summed E-state index contributed by atoms with van der Waals surface area (Å²) in [7, 11) is 0. The van der Waals surface area contributed by atoms with Crippen LogP contribution in [0.3, 0.4) is 0 Å². The third-order valence-electron chi connectivity index (χ3n) is 5.40. The molecule has 0 fully saturated rings. The van der Waals surface area contributed by atoms with Crippen molar-refractivity contribution in [3.63, 3.8) is 0 Å². The van der Waals surface area contributed by atoms with Crippen molar-refractivity contribution in [1.29, 1.82) is 0 Å². The first-order valence-electron chi connectivity index (χ1n) is 11.7. The van der Waals surface area contributed by atoms with Gasteiger partial charge in [-0.05, 0) is 55.2 Å². The van der Waals surface area contributed by atoms with Crippen LogP contribution in [0.15, 0.2) is 48.5 Å². The van der Waals surface area contributed by atoms with Crippen molar-refractivity contribution in [2.45, 2.75) is 84.7 Å². The Morgan fingerprint density at radius 3 is 2.07 bits per heavy atom. The first-order valence-corrected chi connectivity index (χ1v) is 11.7. The van der Waals surface area contributed by atoms with Gasteiger partial charge in [-0.3, -0.25) is 0 Å². The largest absolute Gasteiger partial charge is 0.423 e. The summed E-state index contributed by atoms with van der Waals surface area (Å²) in [6, 6.07) is 15.3. The molecule has 0 aliphatic rings. The summed E-state index contributed by atoms with van der Waals surface area (Å²) in [4.78, 5) is 12.4. The van der Waals surface area contributed by atoms with E-state index in [1.807, 2.05) is 48.5 Å². The van der Waals surface area contributed by atoms with E-state index in [0.29, 0.717) is 11.3 Å². The van der Waals surface area contributed by atoms with Gasteiger partial charge in [0, 0.05) is 6.61 Å². The molecule has 0 saturated heterocycles. The van der Waals surface area contributed by atoms with Gasteiger partial charge < -0.3 is 9.47 Å². The minimum atomic E-state index is -0.332. The van der Waals surface area contributed by atoms with Gasteiger partial charge in [-0.1, -0.05) is 83.1 Å². The molecule has 2 aromatic carbocycles. The predicted molar refractivity (Wildman–Crippen MR) is 124 cm³/mol. The highest BCUT2D eigenvalue weighted by molar-refractivity contribution is 5.91. The van der Waals surface area contributed by atoms with Gasteiger partial charge in [-0.25, -0.2) is 4.79 Å². The van der Waals surface area contributed by atoms with Crippen LogP contribution in [0.4, 0.5) is 0 Å². The van der Waals surface area contributed by atoms with Gasteiger partial charge in [0.05, 0.1) is 11.7 Å². The molecule has 164 valence electrons. The van der Waals surface area contributed by atoms with Crippen LogP contribution in [0.5, 0.6) is 5.75 Å². The van der Waals surface area contributed by atoms with E-state index in [0.717, 1.165) is 31.4 Å². The van der Waals surface area contributed by atoms with Crippen LogP contribution in [0, 0.1) is 0 Å². The second kappa shape index (κ2) is 14.0. The molecule has 0 radical (unpaired) electrons. The fraction of sp³-hybridized carbons (Fsp3) is 0.519. The molecule has 0 N–H and O–H groups in total. The summed E-state index contributed by atoms with van der Waals surface area (Å²) in [5.41, 5.74) is 2.89. The van der Waals surface area contributed by atoms with Crippen LogP contribution in [0.2, 0.25) is 0 Å². The smallest absolute Gasteiger partial charge is 0.343 e. The van der Waals surface area contributed by atoms with Crippen molar-refractivity contribution in [3.8, 4) is 5.75 Å². The minimum absolute atomic E-state index is 0.0290. The second-order valence-corrected chi connectivity index (χ2v) is 8.04. The third kappa shape index (κ3) is 8.71. The van der Waals surface area contributed by atoms with Gasteiger partial charge >= 0.3 is 5.97 Å². The monoisotopic (exact) mass is 410 g/mol. The summed E-state index contributed by atoms with van der Waals surface area (Å²) >= 11 is 0. The van der Waals surface area contributed by atoms with Gasteiger partial charge in [0.25, 0.3) is 0 Å². The number of esters is 1. The van der Waals surface area contributed by atoms with Crippen molar-refractivity contribution >= 4 is 5.97 Å². The molecule has 0 heterocycles. The van der Waals surface area contributed by atoms with E-state index in [-0.39, 0.29) is 12.1 Å². The zero-order chi connectivity index (χ0) is 21.6. The van der Waals surface area contributed by atoms with Crippen LogP contribution in [-0.2, 0) is 11.2 Å². The Morgan fingerprint density at radius 2 is 1.43 bits per heavy atom. The molecule has 1 unspecified atom stereocenters. The number of carbonyl (C=O) groups is 1. The van der Waals surface area contributed by atoms with Crippen LogP contribution in [0.25, 0.3) is 0 Å². The quantitative estimate of drug-likeness (QED) is 0.182. The van der Waals surface area contributed by atoms with Gasteiger partial charge in [-0.15, -0.1) is 0 Å². The Morgan fingerprint density at radius 1 is 0.800 bits per heavy atom. The molecule has 1 atom stereocenters. The number of unbranched alkanes of at least 4 members (excludes halogenated alkanes) is 6. The Kier molecular flexibility index (Phi) is 11.2. The van der Waals surface area contributed by atoms with E-state index in [1.165, 1.54) is 44.1 Å². The average Bonchev–Trinajstić information content (AvgIpc) is 2.77. The van der Waals surface area contributed by atoms with Crippen LogP contribution < -0.4 is 4.74 Å². The Hall–Kier alpha value is -2.13. The van der Waals surface area contributed by atoms with Crippen LogP contribution in [-0.4, -0.2) is 12.6 Å². The maximum atomic E-state index is 12.4. The highest BCUT2D eigenvalue weighted by Crippen LogP contribution is 2.20. The van der Waals surface area contributed by atoms with E-state index in [4.69, 9.17) is 9.47 Å². The van der Waals surface area contributed by atoms with Crippen molar-refractivity contribution in [3.05, 3.63) is 65.2 Å². The second-order valence-electron chi connectivity index (χ2n) is 8.04. The SMILES string of the molecule is CCCCCCCCCOC(C)c1ccc(C(=O)Oc2ccc(CCC)cc2)cc1. The van der Waals surface area contributed by atoms with E-state index in [1.54, 1.807) is 0 Å². The zero-order valence-electron chi connectivity index (χ0n) is 19.0. The molecule has 0 aromatic heterocycles. The van der Waals surface area contributed by atoms with Crippen molar-refractivity contribution in [2.24, 2.45) is 0 Å². The van der Waals surface area contributed by atoms with E-state index in [2.05, 4.69) is 20.8 Å². The maximum Gasteiger partial charge on any atom is 0.343 e. The van der Waals surface area contributed by atoms with Crippen LogP contribution in [0.1, 0.15) is 99.7 Å². The number of carbonyl (C=O) groups excluding carboxylic acids is 1. The van der Waals surface area contributed by atoms with Crippen molar-refractivity contribution in [1.82, 2.24) is 0 Å². The van der Waals surface area contributed by atoms with E-state index >= 15 is 0 Å². The Labute approximate surface area is 182 Å². The standard InChI is InChI=1S/C27H38O3/c1-4-6-7-8-9-10-11-21-29-22(3)24-15-17-25(18-16-24)27(28)30-26-19-13-23(12-5-2)14-20-26/h13-20,22H,4-12,21H2,1-3H3. The number of benzene rings is 2.